The average molecular weight is 117 g/mol. The maximum absolute atomic E-state index is 8.86. The normalized spacial score (nSPS) is 31.5. The van der Waals surface area contributed by atoms with Gasteiger partial charge in [-0.05, 0) is 12.8 Å². The molecule has 1 saturated heterocycles. The topological polar surface area (TPSA) is 43.7 Å². The van der Waals surface area contributed by atoms with Crippen LogP contribution in [0.15, 0.2) is 0 Å². The summed E-state index contributed by atoms with van der Waals surface area (Å²) in [5.41, 5.74) is 0. The number of aliphatic hydroxyl groups excluding tert-OH is 1. The lowest BCUT2D eigenvalue weighted by Gasteiger charge is -2.12. The van der Waals surface area contributed by atoms with Crippen LogP contribution in [-0.4, -0.2) is 34.6 Å². The number of nitrogens with zero attached hydrogens (tertiary/aromatic N) is 1. The van der Waals surface area contributed by atoms with Crippen LogP contribution in [0, 0.1) is 0 Å². The first-order valence-electron chi connectivity index (χ1n) is 2.91. The Balaban J connectivity index is 2.30. The largest absolute Gasteiger partial charge is 0.395 e. The van der Waals surface area contributed by atoms with Gasteiger partial charge in [0.1, 0.15) is 0 Å². The molecule has 1 aliphatic rings. The predicted octanol–water partition coefficient (Wildman–Crippen LogP) is -0.168. The van der Waals surface area contributed by atoms with Crippen LogP contribution in [0.4, 0.5) is 0 Å². The van der Waals surface area contributed by atoms with Crippen molar-refractivity contribution in [1.29, 1.82) is 0 Å². The Morgan fingerprint density at radius 1 is 1.62 bits per heavy atom. The van der Waals surface area contributed by atoms with Crippen molar-refractivity contribution in [3.8, 4) is 0 Å². The molecular weight excluding hydrogens is 106 g/mol. The molecule has 0 bridgehead atoms. The molecule has 3 heteroatoms. The Morgan fingerprint density at radius 3 is 2.62 bits per heavy atom. The molecule has 0 aliphatic carbocycles. The van der Waals surface area contributed by atoms with E-state index in [4.69, 9.17) is 10.3 Å². The second-order valence-electron chi connectivity index (χ2n) is 2.14. The number of hydrogen-bond acceptors (Lipinski definition) is 3. The second-order valence-corrected chi connectivity index (χ2v) is 2.14. The fraction of sp³-hybridized carbons (Fsp3) is 1.00. The molecule has 0 amide bonds. The number of hydrogen-bond donors (Lipinski definition) is 2. The number of rotatable bonds is 1. The van der Waals surface area contributed by atoms with E-state index in [0.29, 0.717) is 6.54 Å². The molecule has 0 saturated carbocycles. The first-order chi connectivity index (χ1) is 3.84. The van der Waals surface area contributed by atoms with E-state index in [9.17, 15) is 0 Å². The van der Waals surface area contributed by atoms with Gasteiger partial charge in [0.15, 0.2) is 0 Å². The van der Waals surface area contributed by atoms with Gasteiger partial charge in [-0.2, -0.15) is 5.06 Å². The Morgan fingerprint density at radius 2 is 2.38 bits per heavy atom. The van der Waals surface area contributed by atoms with Crippen LogP contribution < -0.4 is 0 Å². The smallest absolute Gasteiger partial charge is 0.0610 e. The van der Waals surface area contributed by atoms with E-state index in [0.717, 1.165) is 12.8 Å². The van der Waals surface area contributed by atoms with Crippen LogP contribution >= 0.6 is 0 Å². The van der Waals surface area contributed by atoms with Gasteiger partial charge in [-0.3, -0.25) is 0 Å². The maximum Gasteiger partial charge on any atom is 0.0610 e. The lowest BCUT2D eigenvalue weighted by molar-refractivity contribution is -0.113. The van der Waals surface area contributed by atoms with Gasteiger partial charge in [0.2, 0.25) is 0 Å². The Kier molecular flexibility index (Phi) is 1.83. The highest BCUT2D eigenvalue weighted by Gasteiger charge is 2.20. The standard InChI is InChI=1S/C5H11NO2/c7-4-5-2-1-3-6(5)8/h5,7-8H,1-4H2. The van der Waals surface area contributed by atoms with Crippen LogP contribution in [0.5, 0.6) is 0 Å². The Hall–Kier alpha value is -0.120. The summed E-state index contributed by atoms with van der Waals surface area (Å²) in [4.78, 5) is 0. The summed E-state index contributed by atoms with van der Waals surface area (Å²) in [6.45, 7) is 0.793. The lowest BCUT2D eigenvalue weighted by atomic mass is 10.2. The van der Waals surface area contributed by atoms with Crippen molar-refractivity contribution in [2.45, 2.75) is 18.9 Å². The zero-order chi connectivity index (χ0) is 5.98. The van der Waals surface area contributed by atoms with Crippen molar-refractivity contribution in [2.75, 3.05) is 13.2 Å². The van der Waals surface area contributed by atoms with Gasteiger partial charge < -0.3 is 10.3 Å². The fourth-order valence-corrected chi connectivity index (χ4v) is 1.01. The van der Waals surface area contributed by atoms with Gasteiger partial charge in [0.25, 0.3) is 0 Å². The molecule has 1 rings (SSSR count). The molecule has 0 aromatic carbocycles. The third-order valence-corrected chi connectivity index (χ3v) is 1.56. The summed E-state index contributed by atoms with van der Waals surface area (Å²) in [5.74, 6) is 0. The molecule has 48 valence electrons. The highest BCUT2D eigenvalue weighted by Crippen LogP contribution is 2.12. The lowest BCUT2D eigenvalue weighted by Crippen LogP contribution is -2.28. The average Bonchev–Trinajstić information content (AvgIpc) is 2.14. The highest BCUT2D eigenvalue weighted by molar-refractivity contribution is 4.70. The summed E-state index contributed by atoms with van der Waals surface area (Å²) in [6, 6.07) is 0.00926. The van der Waals surface area contributed by atoms with Crippen LogP contribution in [-0.2, 0) is 0 Å². The molecule has 0 aromatic rings. The summed E-state index contributed by atoms with van der Waals surface area (Å²) in [5, 5.41) is 18.6. The first kappa shape index (κ1) is 6.01. The predicted molar refractivity (Wildman–Crippen MR) is 28.6 cm³/mol. The van der Waals surface area contributed by atoms with E-state index >= 15 is 0 Å². The van der Waals surface area contributed by atoms with Gasteiger partial charge >= 0.3 is 0 Å². The first-order valence-corrected chi connectivity index (χ1v) is 2.91. The number of hydroxylamine groups is 2. The minimum Gasteiger partial charge on any atom is -0.395 e. The van der Waals surface area contributed by atoms with Crippen molar-refractivity contribution >= 4 is 0 Å². The quantitative estimate of drug-likeness (QED) is 0.501. The molecule has 1 fully saturated rings. The minimum atomic E-state index is 0.00926. The molecule has 1 aliphatic heterocycles. The fourth-order valence-electron chi connectivity index (χ4n) is 1.01. The van der Waals surface area contributed by atoms with Crippen LogP contribution in [0.25, 0.3) is 0 Å². The van der Waals surface area contributed by atoms with Crippen LogP contribution in [0.2, 0.25) is 0 Å². The van der Waals surface area contributed by atoms with Gasteiger partial charge in [-0.15, -0.1) is 0 Å². The van der Waals surface area contributed by atoms with E-state index in [-0.39, 0.29) is 12.6 Å². The van der Waals surface area contributed by atoms with Gasteiger partial charge in [-0.1, -0.05) is 0 Å². The van der Waals surface area contributed by atoms with Gasteiger partial charge in [-0.25, -0.2) is 0 Å². The van der Waals surface area contributed by atoms with E-state index in [1.54, 1.807) is 0 Å². The van der Waals surface area contributed by atoms with Crippen molar-refractivity contribution in [3.05, 3.63) is 0 Å². The van der Waals surface area contributed by atoms with E-state index in [1.807, 2.05) is 0 Å². The van der Waals surface area contributed by atoms with Gasteiger partial charge in [0.05, 0.1) is 12.6 Å². The third kappa shape index (κ3) is 0.992. The zero-order valence-electron chi connectivity index (χ0n) is 4.75. The molecule has 1 atom stereocenters. The Bertz CT molecular complexity index is 76.8. The molecule has 1 heterocycles. The number of aliphatic hydroxyl groups is 1. The Labute approximate surface area is 48.5 Å². The van der Waals surface area contributed by atoms with Crippen LogP contribution in [0.1, 0.15) is 12.8 Å². The summed E-state index contributed by atoms with van der Waals surface area (Å²) in [6.07, 6.45) is 1.93. The minimum absolute atomic E-state index is 0.00926. The van der Waals surface area contributed by atoms with Crippen molar-refractivity contribution in [2.24, 2.45) is 0 Å². The molecule has 1 unspecified atom stereocenters. The molecule has 0 spiro atoms. The molecule has 0 aromatic heterocycles. The van der Waals surface area contributed by atoms with E-state index in [1.165, 1.54) is 5.06 Å². The highest BCUT2D eigenvalue weighted by atomic mass is 16.5. The van der Waals surface area contributed by atoms with Crippen molar-refractivity contribution in [1.82, 2.24) is 5.06 Å². The molecular formula is C5H11NO2. The van der Waals surface area contributed by atoms with E-state index < -0.39 is 0 Å². The third-order valence-electron chi connectivity index (χ3n) is 1.56. The monoisotopic (exact) mass is 117 g/mol. The zero-order valence-corrected chi connectivity index (χ0v) is 4.75. The molecule has 2 N–H and O–H groups in total. The summed E-state index contributed by atoms with van der Waals surface area (Å²) in [7, 11) is 0. The maximum atomic E-state index is 8.86. The molecule has 8 heavy (non-hydrogen) atoms. The summed E-state index contributed by atoms with van der Waals surface area (Å²) < 4.78 is 0. The molecule has 0 radical (unpaired) electrons. The van der Waals surface area contributed by atoms with E-state index in [2.05, 4.69) is 0 Å². The van der Waals surface area contributed by atoms with Gasteiger partial charge in [0, 0.05) is 6.54 Å². The molecule has 3 nitrogen and oxygen atoms in total. The van der Waals surface area contributed by atoms with Crippen LogP contribution in [0.3, 0.4) is 0 Å². The SMILES string of the molecule is OCC1CCCN1O. The van der Waals surface area contributed by atoms with Crippen molar-refractivity contribution < 1.29 is 10.3 Å². The summed E-state index contributed by atoms with van der Waals surface area (Å²) >= 11 is 0. The van der Waals surface area contributed by atoms with Crippen molar-refractivity contribution in [3.63, 3.8) is 0 Å². The second kappa shape index (κ2) is 2.44.